The van der Waals surface area contributed by atoms with Gasteiger partial charge in [-0.05, 0) is 68.0 Å². The summed E-state index contributed by atoms with van der Waals surface area (Å²) in [4.78, 5) is 12.8. The quantitative estimate of drug-likeness (QED) is 0.573. The summed E-state index contributed by atoms with van der Waals surface area (Å²) in [6.45, 7) is 2.75. The second-order valence-corrected chi connectivity index (χ2v) is 13.3. The molecule has 1 heterocycles. The van der Waals surface area contributed by atoms with Crippen molar-refractivity contribution in [3.8, 4) is 0 Å². The van der Waals surface area contributed by atoms with Gasteiger partial charge < -0.3 is 5.32 Å². The minimum absolute atomic E-state index is 0.0110. The van der Waals surface area contributed by atoms with Crippen LogP contribution in [0.3, 0.4) is 0 Å². The summed E-state index contributed by atoms with van der Waals surface area (Å²) in [6, 6.07) is 14.0. The van der Waals surface area contributed by atoms with E-state index in [0.717, 1.165) is 25.7 Å². The molecule has 35 heavy (non-hydrogen) atoms. The van der Waals surface area contributed by atoms with E-state index in [0.29, 0.717) is 37.5 Å². The number of para-hydroxylation sites is 1. The Bertz CT molecular complexity index is 1220. The molecule has 1 saturated carbocycles. The second kappa shape index (κ2) is 10.8. The summed E-state index contributed by atoms with van der Waals surface area (Å²) < 4.78 is 56.0. The van der Waals surface area contributed by atoms with E-state index in [9.17, 15) is 21.6 Å². The SMILES string of the molecule is CC1CCN(S(=O)(=O)c2ccc(S(=O)(=O)N(CC(=O)Nc3ccccc3)C3CCCC3)cc2)CC1. The number of hydrogen-bond donors (Lipinski definition) is 1. The topological polar surface area (TPSA) is 104 Å². The monoisotopic (exact) mass is 519 g/mol. The number of anilines is 1. The van der Waals surface area contributed by atoms with Crippen LogP contribution in [-0.2, 0) is 24.8 Å². The van der Waals surface area contributed by atoms with Crippen LogP contribution < -0.4 is 5.32 Å². The first-order chi connectivity index (χ1) is 16.7. The van der Waals surface area contributed by atoms with E-state index < -0.39 is 26.0 Å². The molecule has 4 rings (SSSR count). The average Bonchev–Trinajstić information content (AvgIpc) is 3.38. The Kier molecular flexibility index (Phi) is 7.95. The van der Waals surface area contributed by atoms with Crippen molar-refractivity contribution < 1.29 is 21.6 Å². The maximum absolute atomic E-state index is 13.6. The molecule has 190 valence electrons. The van der Waals surface area contributed by atoms with Crippen LogP contribution in [0.2, 0.25) is 0 Å². The van der Waals surface area contributed by atoms with E-state index in [1.807, 2.05) is 6.07 Å². The number of amides is 1. The Morgan fingerprint density at radius 3 is 2.06 bits per heavy atom. The predicted molar refractivity (Wildman–Crippen MR) is 135 cm³/mol. The molecule has 0 spiro atoms. The third-order valence-corrected chi connectivity index (χ3v) is 10.7. The maximum Gasteiger partial charge on any atom is 0.243 e. The number of hydrogen-bond acceptors (Lipinski definition) is 5. The molecule has 2 fully saturated rings. The van der Waals surface area contributed by atoms with Gasteiger partial charge in [0.05, 0.1) is 16.3 Å². The van der Waals surface area contributed by atoms with E-state index in [4.69, 9.17) is 0 Å². The van der Waals surface area contributed by atoms with Gasteiger partial charge in [-0.25, -0.2) is 16.8 Å². The fourth-order valence-corrected chi connectivity index (χ4v) is 7.87. The highest BCUT2D eigenvalue weighted by Gasteiger charge is 2.35. The highest BCUT2D eigenvalue weighted by atomic mass is 32.2. The molecule has 0 aromatic heterocycles. The number of sulfonamides is 2. The zero-order valence-electron chi connectivity index (χ0n) is 20.0. The summed E-state index contributed by atoms with van der Waals surface area (Å²) in [6.07, 6.45) is 4.82. The highest BCUT2D eigenvalue weighted by molar-refractivity contribution is 7.89. The molecule has 0 bridgehead atoms. The van der Waals surface area contributed by atoms with Gasteiger partial charge in [-0.3, -0.25) is 4.79 Å². The van der Waals surface area contributed by atoms with Gasteiger partial charge in [0.2, 0.25) is 26.0 Å². The number of piperidine rings is 1. The first-order valence-electron chi connectivity index (χ1n) is 12.1. The Morgan fingerprint density at radius 2 is 1.46 bits per heavy atom. The average molecular weight is 520 g/mol. The normalized spacial score (nSPS) is 18.7. The fraction of sp³-hybridized carbons (Fsp3) is 0.480. The molecule has 10 heteroatoms. The third kappa shape index (κ3) is 5.94. The van der Waals surface area contributed by atoms with Crippen molar-refractivity contribution in [2.45, 2.75) is 61.3 Å². The van der Waals surface area contributed by atoms with Crippen molar-refractivity contribution in [2.75, 3.05) is 25.0 Å². The van der Waals surface area contributed by atoms with Gasteiger partial charge >= 0.3 is 0 Å². The van der Waals surface area contributed by atoms with Crippen molar-refractivity contribution in [1.29, 1.82) is 0 Å². The summed E-state index contributed by atoms with van der Waals surface area (Å²) in [7, 11) is -7.68. The van der Waals surface area contributed by atoms with E-state index in [1.54, 1.807) is 24.3 Å². The molecule has 1 aliphatic carbocycles. The molecule has 2 aliphatic rings. The number of rotatable bonds is 8. The van der Waals surface area contributed by atoms with Crippen LogP contribution in [0.25, 0.3) is 0 Å². The second-order valence-electron chi connectivity index (χ2n) is 9.46. The predicted octanol–water partition coefficient (Wildman–Crippen LogP) is 3.68. The van der Waals surface area contributed by atoms with Crippen molar-refractivity contribution in [3.63, 3.8) is 0 Å². The summed E-state index contributed by atoms with van der Waals surface area (Å²) in [5, 5.41) is 2.76. The molecule has 1 amide bonds. The minimum Gasteiger partial charge on any atom is -0.325 e. The van der Waals surface area contributed by atoms with Crippen LogP contribution in [-0.4, -0.2) is 57.0 Å². The molecule has 0 radical (unpaired) electrons. The summed E-state index contributed by atoms with van der Waals surface area (Å²) >= 11 is 0. The van der Waals surface area contributed by atoms with Crippen LogP contribution >= 0.6 is 0 Å². The zero-order chi connectivity index (χ0) is 25.1. The lowest BCUT2D eigenvalue weighted by Gasteiger charge is -2.29. The van der Waals surface area contributed by atoms with Gasteiger partial charge in [0.25, 0.3) is 0 Å². The smallest absolute Gasteiger partial charge is 0.243 e. The van der Waals surface area contributed by atoms with Crippen molar-refractivity contribution in [1.82, 2.24) is 8.61 Å². The first-order valence-corrected chi connectivity index (χ1v) is 15.0. The van der Waals surface area contributed by atoms with Crippen LogP contribution in [0.1, 0.15) is 45.4 Å². The van der Waals surface area contributed by atoms with Gasteiger partial charge in [0, 0.05) is 24.8 Å². The Morgan fingerprint density at radius 1 is 0.886 bits per heavy atom. The fourth-order valence-electron chi connectivity index (χ4n) is 4.76. The van der Waals surface area contributed by atoms with Gasteiger partial charge in [-0.15, -0.1) is 0 Å². The molecule has 8 nitrogen and oxygen atoms in total. The summed E-state index contributed by atoms with van der Waals surface area (Å²) in [5.41, 5.74) is 0.600. The molecule has 2 aromatic carbocycles. The molecular formula is C25H33N3O5S2. The molecule has 1 N–H and O–H groups in total. The van der Waals surface area contributed by atoms with Crippen molar-refractivity contribution in [3.05, 3.63) is 54.6 Å². The van der Waals surface area contributed by atoms with Gasteiger partial charge in [-0.1, -0.05) is 38.0 Å². The van der Waals surface area contributed by atoms with Crippen LogP contribution in [0.15, 0.2) is 64.4 Å². The lowest BCUT2D eigenvalue weighted by atomic mass is 10.0. The molecule has 2 aromatic rings. The number of benzene rings is 2. The Labute approximate surface area is 208 Å². The van der Waals surface area contributed by atoms with E-state index in [1.165, 1.54) is 32.9 Å². The van der Waals surface area contributed by atoms with Gasteiger partial charge in [-0.2, -0.15) is 8.61 Å². The Hall–Kier alpha value is -2.27. The minimum atomic E-state index is -4.00. The molecule has 0 atom stereocenters. The van der Waals surface area contributed by atoms with Crippen LogP contribution in [0, 0.1) is 5.92 Å². The zero-order valence-corrected chi connectivity index (χ0v) is 21.6. The van der Waals surface area contributed by atoms with Crippen LogP contribution in [0.4, 0.5) is 5.69 Å². The number of carbonyl (C=O) groups is 1. The van der Waals surface area contributed by atoms with Crippen LogP contribution in [0.5, 0.6) is 0 Å². The summed E-state index contributed by atoms with van der Waals surface area (Å²) in [5.74, 6) is 0.0832. The van der Waals surface area contributed by atoms with Gasteiger partial charge in [0.1, 0.15) is 0 Å². The lowest BCUT2D eigenvalue weighted by Crippen LogP contribution is -2.43. The Balaban J connectivity index is 1.54. The number of nitrogens with one attached hydrogen (secondary N) is 1. The van der Waals surface area contributed by atoms with Crippen molar-refractivity contribution >= 4 is 31.6 Å². The standard InChI is InChI=1S/C25H33N3O5S2/c1-20-15-17-27(18-16-20)34(30,31)23-11-13-24(14-12-23)35(32,33)28(22-9-5-6-10-22)19-25(29)26-21-7-3-2-4-8-21/h2-4,7-8,11-14,20,22H,5-6,9-10,15-19H2,1H3,(H,26,29). The molecule has 1 aliphatic heterocycles. The van der Waals surface area contributed by atoms with E-state index >= 15 is 0 Å². The van der Waals surface area contributed by atoms with E-state index in [-0.39, 0.29) is 22.4 Å². The lowest BCUT2D eigenvalue weighted by molar-refractivity contribution is -0.116. The number of nitrogens with zero attached hydrogens (tertiary/aromatic N) is 2. The first kappa shape index (κ1) is 25.8. The largest absolute Gasteiger partial charge is 0.325 e. The van der Waals surface area contributed by atoms with Gasteiger partial charge in [0.15, 0.2) is 0 Å². The maximum atomic E-state index is 13.6. The molecule has 0 unspecified atom stereocenters. The molecule has 1 saturated heterocycles. The van der Waals surface area contributed by atoms with Crippen molar-refractivity contribution in [2.24, 2.45) is 5.92 Å². The highest BCUT2D eigenvalue weighted by Crippen LogP contribution is 2.30. The third-order valence-electron chi connectivity index (χ3n) is 6.90. The molecular weight excluding hydrogens is 486 g/mol. The van der Waals surface area contributed by atoms with E-state index in [2.05, 4.69) is 12.2 Å². The number of carbonyl (C=O) groups excluding carboxylic acids is 1.